The van der Waals surface area contributed by atoms with E-state index in [9.17, 15) is 14.4 Å². The van der Waals surface area contributed by atoms with E-state index >= 15 is 0 Å². The summed E-state index contributed by atoms with van der Waals surface area (Å²) >= 11 is 0.815. The van der Waals surface area contributed by atoms with Crippen LogP contribution in [0.25, 0.3) is 6.08 Å². The first kappa shape index (κ1) is 23.7. The Morgan fingerprint density at radius 3 is 2.27 bits per heavy atom. The SMILES string of the molecule is COc1cc(C=C2SC(=O)N(CCNC(=O)c3ccc(C#N)cc3)C2=O)cc(OC)c1OC. The summed E-state index contributed by atoms with van der Waals surface area (Å²) in [6.45, 7) is 0.119. The van der Waals surface area contributed by atoms with E-state index in [4.69, 9.17) is 19.5 Å². The lowest BCUT2D eigenvalue weighted by Crippen LogP contribution is -2.37. The molecule has 1 fully saturated rings. The summed E-state index contributed by atoms with van der Waals surface area (Å²) in [5, 5.41) is 11.1. The molecular formula is C23H21N3O6S. The Kier molecular flexibility index (Phi) is 7.58. The summed E-state index contributed by atoms with van der Waals surface area (Å²) in [5.41, 5.74) is 1.43. The van der Waals surface area contributed by atoms with Crippen molar-refractivity contribution in [3.8, 4) is 23.3 Å². The zero-order valence-electron chi connectivity index (χ0n) is 18.2. The van der Waals surface area contributed by atoms with Gasteiger partial charge in [0.15, 0.2) is 11.5 Å². The van der Waals surface area contributed by atoms with Gasteiger partial charge in [-0.15, -0.1) is 0 Å². The minimum Gasteiger partial charge on any atom is -0.493 e. The molecule has 2 aromatic rings. The molecule has 0 radical (unpaired) electrons. The number of thioether (sulfide) groups is 1. The highest BCUT2D eigenvalue weighted by molar-refractivity contribution is 8.18. The Hall–Kier alpha value is -3.97. The van der Waals surface area contributed by atoms with Crippen molar-refractivity contribution in [1.82, 2.24) is 10.2 Å². The van der Waals surface area contributed by atoms with E-state index in [1.165, 1.54) is 33.5 Å². The first-order chi connectivity index (χ1) is 15.9. The maximum atomic E-state index is 12.8. The van der Waals surface area contributed by atoms with Gasteiger partial charge in [-0.3, -0.25) is 19.3 Å². The van der Waals surface area contributed by atoms with E-state index in [0.717, 1.165) is 16.7 Å². The van der Waals surface area contributed by atoms with Gasteiger partial charge in [0.2, 0.25) is 5.75 Å². The molecule has 10 heteroatoms. The molecule has 1 aliphatic heterocycles. The number of imide groups is 1. The summed E-state index contributed by atoms with van der Waals surface area (Å²) < 4.78 is 15.9. The molecule has 1 aliphatic rings. The Bertz CT molecular complexity index is 1130. The van der Waals surface area contributed by atoms with Gasteiger partial charge in [0.05, 0.1) is 37.9 Å². The molecule has 0 atom stereocenters. The minimum absolute atomic E-state index is 0.0271. The van der Waals surface area contributed by atoms with Crippen LogP contribution in [0.1, 0.15) is 21.5 Å². The van der Waals surface area contributed by atoms with Crippen LogP contribution in [0.2, 0.25) is 0 Å². The second kappa shape index (κ2) is 10.6. The van der Waals surface area contributed by atoms with Crippen molar-refractivity contribution in [2.45, 2.75) is 0 Å². The number of carbonyl (C=O) groups excluding carboxylic acids is 3. The van der Waals surface area contributed by atoms with Crippen molar-refractivity contribution in [2.75, 3.05) is 34.4 Å². The average Bonchev–Trinajstić information content (AvgIpc) is 3.10. The number of hydrogen-bond donors (Lipinski definition) is 1. The summed E-state index contributed by atoms with van der Waals surface area (Å²) in [7, 11) is 4.47. The molecule has 0 aromatic heterocycles. The van der Waals surface area contributed by atoms with E-state index < -0.39 is 11.1 Å². The van der Waals surface area contributed by atoms with Crippen LogP contribution < -0.4 is 19.5 Å². The number of benzene rings is 2. The highest BCUT2D eigenvalue weighted by Gasteiger charge is 2.34. The number of nitriles is 1. The fraction of sp³-hybridized carbons (Fsp3) is 0.217. The number of nitrogens with one attached hydrogen (secondary N) is 1. The first-order valence-electron chi connectivity index (χ1n) is 9.75. The Balaban J connectivity index is 1.67. The minimum atomic E-state index is -0.452. The Morgan fingerprint density at radius 1 is 1.09 bits per heavy atom. The number of ether oxygens (including phenoxy) is 3. The summed E-state index contributed by atoms with van der Waals surface area (Å²) in [6, 6.07) is 11.5. The van der Waals surface area contributed by atoms with Crippen molar-refractivity contribution in [2.24, 2.45) is 0 Å². The van der Waals surface area contributed by atoms with Gasteiger partial charge < -0.3 is 19.5 Å². The summed E-state index contributed by atoms with van der Waals surface area (Å²) in [5.74, 6) is 0.453. The number of amides is 3. The van der Waals surface area contributed by atoms with Gasteiger partial charge in [0, 0.05) is 18.7 Å². The highest BCUT2D eigenvalue weighted by Crippen LogP contribution is 2.40. The molecule has 0 bridgehead atoms. The van der Waals surface area contributed by atoms with Crippen LogP contribution in [0, 0.1) is 11.3 Å². The first-order valence-corrected chi connectivity index (χ1v) is 10.6. The van der Waals surface area contributed by atoms with E-state index in [1.807, 2.05) is 6.07 Å². The van der Waals surface area contributed by atoms with Gasteiger partial charge >= 0.3 is 0 Å². The van der Waals surface area contributed by atoms with Crippen molar-refractivity contribution in [3.05, 3.63) is 58.0 Å². The molecule has 3 amide bonds. The maximum absolute atomic E-state index is 12.8. The topological polar surface area (TPSA) is 118 Å². The highest BCUT2D eigenvalue weighted by atomic mass is 32.2. The van der Waals surface area contributed by atoms with E-state index in [-0.39, 0.29) is 23.9 Å². The zero-order chi connectivity index (χ0) is 24.0. The monoisotopic (exact) mass is 467 g/mol. The third-order valence-electron chi connectivity index (χ3n) is 4.76. The van der Waals surface area contributed by atoms with Crippen LogP contribution in [0.5, 0.6) is 17.2 Å². The van der Waals surface area contributed by atoms with E-state index in [2.05, 4.69) is 5.32 Å². The quantitative estimate of drug-likeness (QED) is 0.589. The number of carbonyl (C=O) groups is 3. The smallest absolute Gasteiger partial charge is 0.293 e. The van der Waals surface area contributed by atoms with Gasteiger partial charge in [-0.1, -0.05) is 0 Å². The molecule has 9 nitrogen and oxygen atoms in total. The molecule has 1 heterocycles. The fourth-order valence-electron chi connectivity index (χ4n) is 3.11. The Morgan fingerprint density at radius 2 is 1.73 bits per heavy atom. The molecule has 0 unspecified atom stereocenters. The number of rotatable bonds is 8. The average molecular weight is 468 g/mol. The van der Waals surface area contributed by atoms with E-state index in [1.54, 1.807) is 30.3 Å². The second-order valence-electron chi connectivity index (χ2n) is 6.74. The van der Waals surface area contributed by atoms with Crippen LogP contribution >= 0.6 is 11.8 Å². The third-order valence-corrected chi connectivity index (χ3v) is 5.66. The maximum Gasteiger partial charge on any atom is 0.293 e. The van der Waals surface area contributed by atoms with Gasteiger partial charge in [-0.2, -0.15) is 5.26 Å². The van der Waals surface area contributed by atoms with Gasteiger partial charge in [0.1, 0.15) is 0 Å². The molecule has 33 heavy (non-hydrogen) atoms. The largest absolute Gasteiger partial charge is 0.493 e. The lowest BCUT2D eigenvalue weighted by atomic mass is 10.1. The van der Waals surface area contributed by atoms with Crippen LogP contribution in [-0.4, -0.2) is 56.4 Å². The molecule has 1 N–H and O–H groups in total. The molecule has 2 aromatic carbocycles. The predicted molar refractivity (Wildman–Crippen MR) is 122 cm³/mol. The van der Waals surface area contributed by atoms with E-state index in [0.29, 0.717) is 33.9 Å². The van der Waals surface area contributed by atoms with Crippen molar-refractivity contribution in [3.63, 3.8) is 0 Å². The second-order valence-corrected chi connectivity index (χ2v) is 7.73. The van der Waals surface area contributed by atoms with Crippen molar-refractivity contribution < 1.29 is 28.6 Å². The van der Waals surface area contributed by atoms with Crippen LogP contribution in [0.3, 0.4) is 0 Å². The molecule has 0 saturated carbocycles. The standard InChI is InChI=1S/C23H21N3O6S/c1-30-17-10-15(11-18(31-2)20(17)32-3)12-19-22(28)26(23(29)33-19)9-8-25-21(27)16-6-4-14(13-24)5-7-16/h4-7,10-12H,8-9H2,1-3H3,(H,25,27). The van der Waals surface area contributed by atoms with Crippen molar-refractivity contribution >= 4 is 34.9 Å². The lowest BCUT2D eigenvalue weighted by Gasteiger charge is -2.13. The van der Waals surface area contributed by atoms with Crippen LogP contribution in [0.15, 0.2) is 41.3 Å². The Labute approximate surface area is 194 Å². The normalized spacial score (nSPS) is 14.2. The molecular weight excluding hydrogens is 446 g/mol. The van der Waals surface area contributed by atoms with Gasteiger partial charge in [-0.25, -0.2) is 0 Å². The fourth-order valence-corrected chi connectivity index (χ4v) is 3.97. The van der Waals surface area contributed by atoms with Crippen LogP contribution in [0.4, 0.5) is 4.79 Å². The number of methoxy groups -OCH3 is 3. The molecule has 0 spiro atoms. The lowest BCUT2D eigenvalue weighted by molar-refractivity contribution is -0.122. The number of nitrogens with zero attached hydrogens (tertiary/aromatic N) is 2. The molecule has 0 aliphatic carbocycles. The molecule has 170 valence electrons. The predicted octanol–water partition coefficient (Wildman–Crippen LogP) is 3.05. The van der Waals surface area contributed by atoms with Crippen LogP contribution in [-0.2, 0) is 4.79 Å². The van der Waals surface area contributed by atoms with Gasteiger partial charge in [0.25, 0.3) is 17.1 Å². The van der Waals surface area contributed by atoms with Gasteiger partial charge in [-0.05, 0) is 59.8 Å². The molecule has 1 saturated heterocycles. The zero-order valence-corrected chi connectivity index (χ0v) is 19.0. The summed E-state index contributed by atoms with van der Waals surface area (Å²) in [4.78, 5) is 38.7. The third kappa shape index (κ3) is 5.27. The summed E-state index contributed by atoms with van der Waals surface area (Å²) in [6.07, 6.45) is 1.57. The van der Waals surface area contributed by atoms with Crippen molar-refractivity contribution in [1.29, 1.82) is 5.26 Å². The number of hydrogen-bond acceptors (Lipinski definition) is 8. The molecule has 3 rings (SSSR count).